The number of aryl methyl sites for hydroxylation is 2. The van der Waals surface area contributed by atoms with Gasteiger partial charge in [0.05, 0.1) is 5.69 Å². The van der Waals surface area contributed by atoms with Crippen LogP contribution in [0.15, 0.2) is 48.8 Å². The van der Waals surface area contributed by atoms with Crippen molar-refractivity contribution < 1.29 is 0 Å². The molecule has 0 radical (unpaired) electrons. The molecule has 0 aliphatic rings. The lowest BCUT2D eigenvalue weighted by Crippen LogP contribution is -2.01. The van der Waals surface area contributed by atoms with Crippen LogP contribution in [-0.4, -0.2) is 19.3 Å². The van der Waals surface area contributed by atoms with Gasteiger partial charge in [-0.15, -0.1) is 0 Å². The molecule has 3 aromatic rings. The molecule has 0 saturated carbocycles. The number of benzene rings is 1. The summed E-state index contributed by atoms with van der Waals surface area (Å²) in [5.41, 5.74) is 2.03. The fraction of sp³-hybridized carbons (Fsp3) is 0.143. The minimum absolute atomic E-state index is 0.766. The van der Waals surface area contributed by atoms with Crippen molar-refractivity contribution in [3.05, 3.63) is 54.5 Å². The maximum absolute atomic E-state index is 4.49. The molecule has 2 aromatic heterocycles. The summed E-state index contributed by atoms with van der Waals surface area (Å²) < 4.78 is 3.77. The van der Waals surface area contributed by atoms with E-state index in [-0.39, 0.29) is 0 Å². The van der Waals surface area contributed by atoms with Gasteiger partial charge in [0.1, 0.15) is 0 Å². The second-order valence-electron chi connectivity index (χ2n) is 4.41. The fourth-order valence-corrected chi connectivity index (χ4v) is 1.97. The molecule has 0 saturated heterocycles. The standard InChI is InChI=1S/C14H15N5/c1-11-10-19(12-6-4-3-5-7-12)14(15-11)16-13-8-9-18(2)17-13/h3-10H,1-2H3,(H,15,16,17). The molecule has 0 atom stereocenters. The van der Waals surface area contributed by atoms with Crippen molar-refractivity contribution in [3.8, 4) is 5.69 Å². The van der Waals surface area contributed by atoms with Gasteiger partial charge in [-0.05, 0) is 19.1 Å². The highest BCUT2D eigenvalue weighted by atomic mass is 15.3. The number of imidazole rings is 1. The summed E-state index contributed by atoms with van der Waals surface area (Å²) in [5, 5.41) is 7.53. The Morgan fingerprint density at radius 1 is 1.11 bits per heavy atom. The first kappa shape index (κ1) is 11.5. The second kappa shape index (κ2) is 4.61. The van der Waals surface area contributed by atoms with Crippen LogP contribution >= 0.6 is 0 Å². The Morgan fingerprint density at radius 3 is 2.58 bits per heavy atom. The number of nitrogens with zero attached hydrogens (tertiary/aromatic N) is 4. The van der Waals surface area contributed by atoms with Gasteiger partial charge in [-0.25, -0.2) is 4.98 Å². The Balaban J connectivity index is 1.98. The lowest BCUT2D eigenvalue weighted by Gasteiger charge is -2.07. The third-order valence-electron chi connectivity index (χ3n) is 2.81. The summed E-state index contributed by atoms with van der Waals surface area (Å²) in [6.45, 7) is 1.98. The van der Waals surface area contributed by atoms with Crippen molar-refractivity contribution in [2.45, 2.75) is 6.92 Å². The molecule has 1 N–H and O–H groups in total. The van der Waals surface area contributed by atoms with E-state index in [9.17, 15) is 0 Å². The molecule has 5 heteroatoms. The summed E-state index contributed by atoms with van der Waals surface area (Å²) in [6.07, 6.45) is 3.89. The van der Waals surface area contributed by atoms with Crippen LogP contribution < -0.4 is 5.32 Å². The van der Waals surface area contributed by atoms with Crippen LogP contribution in [0.5, 0.6) is 0 Å². The lowest BCUT2D eigenvalue weighted by atomic mass is 10.3. The zero-order valence-corrected chi connectivity index (χ0v) is 10.9. The number of aromatic nitrogens is 4. The molecule has 0 spiro atoms. The molecule has 96 valence electrons. The van der Waals surface area contributed by atoms with Gasteiger partial charge in [-0.2, -0.15) is 5.10 Å². The van der Waals surface area contributed by atoms with E-state index in [1.54, 1.807) is 4.68 Å². The van der Waals surface area contributed by atoms with Crippen molar-refractivity contribution in [1.29, 1.82) is 0 Å². The molecule has 0 aliphatic heterocycles. The van der Waals surface area contributed by atoms with Gasteiger partial charge in [0.15, 0.2) is 5.82 Å². The zero-order chi connectivity index (χ0) is 13.2. The van der Waals surface area contributed by atoms with E-state index in [4.69, 9.17) is 0 Å². The van der Waals surface area contributed by atoms with Gasteiger partial charge in [0.25, 0.3) is 0 Å². The SMILES string of the molecule is Cc1cn(-c2ccccc2)c(Nc2ccn(C)n2)n1. The van der Waals surface area contributed by atoms with Gasteiger partial charge in [-0.1, -0.05) is 18.2 Å². The van der Waals surface area contributed by atoms with Crippen LogP contribution in [-0.2, 0) is 7.05 Å². The smallest absolute Gasteiger partial charge is 0.213 e. The van der Waals surface area contributed by atoms with Crippen LogP contribution in [0.2, 0.25) is 0 Å². The Morgan fingerprint density at radius 2 is 1.89 bits per heavy atom. The monoisotopic (exact) mass is 253 g/mol. The Kier molecular flexibility index (Phi) is 2.79. The molecule has 0 amide bonds. The first-order valence-corrected chi connectivity index (χ1v) is 6.10. The quantitative estimate of drug-likeness (QED) is 0.780. The molecule has 0 bridgehead atoms. The molecule has 0 aliphatic carbocycles. The predicted molar refractivity (Wildman–Crippen MR) is 74.8 cm³/mol. The Hall–Kier alpha value is -2.56. The summed E-state index contributed by atoms with van der Waals surface area (Å²) in [6, 6.07) is 12.0. The van der Waals surface area contributed by atoms with Gasteiger partial charge in [0.2, 0.25) is 5.95 Å². The molecule has 0 unspecified atom stereocenters. The van der Waals surface area contributed by atoms with Crippen molar-refractivity contribution in [2.75, 3.05) is 5.32 Å². The molecule has 0 fully saturated rings. The maximum Gasteiger partial charge on any atom is 0.213 e. The predicted octanol–water partition coefficient (Wildman–Crippen LogP) is 2.66. The number of para-hydroxylation sites is 1. The van der Waals surface area contributed by atoms with Crippen molar-refractivity contribution in [2.24, 2.45) is 7.05 Å². The van der Waals surface area contributed by atoms with E-state index in [0.29, 0.717) is 0 Å². The number of rotatable bonds is 3. The molecule has 1 aromatic carbocycles. The molecular formula is C14H15N5. The molecule has 5 nitrogen and oxygen atoms in total. The zero-order valence-electron chi connectivity index (χ0n) is 10.9. The van der Waals surface area contributed by atoms with Crippen LogP contribution in [0, 0.1) is 6.92 Å². The minimum Gasteiger partial charge on any atom is -0.308 e. The van der Waals surface area contributed by atoms with Crippen molar-refractivity contribution >= 4 is 11.8 Å². The van der Waals surface area contributed by atoms with Gasteiger partial charge in [-0.3, -0.25) is 9.25 Å². The second-order valence-corrected chi connectivity index (χ2v) is 4.41. The Bertz CT molecular complexity index is 681. The number of hydrogen-bond donors (Lipinski definition) is 1. The first-order valence-electron chi connectivity index (χ1n) is 6.10. The highest BCUT2D eigenvalue weighted by Gasteiger charge is 2.08. The summed E-state index contributed by atoms with van der Waals surface area (Å²) in [5.74, 6) is 1.55. The minimum atomic E-state index is 0.766. The number of anilines is 2. The summed E-state index contributed by atoms with van der Waals surface area (Å²) in [4.78, 5) is 4.49. The third kappa shape index (κ3) is 2.35. The molecule has 19 heavy (non-hydrogen) atoms. The molecule has 2 heterocycles. The van der Waals surface area contributed by atoms with Crippen LogP contribution in [0.1, 0.15) is 5.69 Å². The summed E-state index contributed by atoms with van der Waals surface area (Å²) in [7, 11) is 1.89. The normalized spacial score (nSPS) is 10.6. The van der Waals surface area contributed by atoms with Gasteiger partial charge in [0, 0.05) is 31.2 Å². The van der Waals surface area contributed by atoms with Crippen LogP contribution in [0.25, 0.3) is 5.69 Å². The van der Waals surface area contributed by atoms with E-state index in [1.165, 1.54) is 0 Å². The van der Waals surface area contributed by atoms with E-state index in [2.05, 4.69) is 15.4 Å². The summed E-state index contributed by atoms with van der Waals surface area (Å²) >= 11 is 0. The van der Waals surface area contributed by atoms with Crippen LogP contribution in [0.3, 0.4) is 0 Å². The van der Waals surface area contributed by atoms with Crippen LogP contribution in [0.4, 0.5) is 11.8 Å². The van der Waals surface area contributed by atoms with Gasteiger partial charge < -0.3 is 5.32 Å². The molecule has 3 rings (SSSR count). The van der Waals surface area contributed by atoms with E-state index in [1.807, 2.05) is 67.3 Å². The van der Waals surface area contributed by atoms with Gasteiger partial charge >= 0.3 is 0 Å². The number of hydrogen-bond acceptors (Lipinski definition) is 3. The van der Waals surface area contributed by atoms with E-state index >= 15 is 0 Å². The van der Waals surface area contributed by atoms with E-state index < -0.39 is 0 Å². The maximum atomic E-state index is 4.49. The third-order valence-corrected chi connectivity index (χ3v) is 2.81. The van der Waals surface area contributed by atoms with Crippen molar-refractivity contribution in [3.63, 3.8) is 0 Å². The average Bonchev–Trinajstić information content (AvgIpc) is 2.97. The Labute approximate surface area is 111 Å². The lowest BCUT2D eigenvalue weighted by molar-refractivity contribution is 0.770. The largest absolute Gasteiger partial charge is 0.308 e. The molecular weight excluding hydrogens is 238 g/mol. The van der Waals surface area contributed by atoms with E-state index in [0.717, 1.165) is 23.1 Å². The first-order chi connectivity index (χ1) is 9.22. The average molecular weight is 253 g/mol. The topological polar surface area (TPSA) is 47.7 Å². The van der Waals surface area contributed by atoms with Crippen molar-refractivity contribution in [1.82, 2.24) is 19.3 Å². The fourth-order valence-electron chi connectivity index (χ4n) is 1.97. The number of nitrogens with one attached hydrogen (secondary N) is 1. The highest BCUT2D eigenvalue weighted by molar-refractivity contribution is 5.52. The highest BCUT2D eigenvalue weighted by Crippen LogP contribution is 2.19.